The van der Waals surface area contributed by atoms with E-state index in [0.717, 1.165) is 25.5 Å². The number of aromatic nitrogens is 3. The molecule has 1 atom stereocenters. The fourth-order valence-electron chi connectivity index (χ4n) is 1.08. The maximum atomic E-state index is 5.14. The molecule has 0 aliphatic carbocycles. The Kier molecular flexibility index (Phi) is 4.55. The summed E-state index contributed by atoms with van der Waals surface area (Å²) in [4.78, 5) is 4.17. The molecule has 0 saturated heterocycles. The van der Waals surface area contributed by atoms with E-state index >= 15 is 0 Å². The fraction of sp³-hybridized carbons (Fsp3) is 0.778. The predicted octanol–water partition coefficient (Wildman–Crippen LogP) is 0.422. The number of methoxy groups -OCH3 is 1. The maximum Gasteiger partial charge on any atom is 0.164 e. The van der Waals surface area contributed by atoms with Crippen molar-refractivity contribution in [2.75, 3.05) is 13.7 Å². The monoisotopic (exact) mass is 198 g/mol. The normalized spacial score (nSPS) is 13.1. The average Bonchev–Trinajstić information content (AvgIpc) is 2.62. The largest absolute Gasteiger partial charge is 0.380 e. The standard InChI is InChI=1S/C9H18N4O/c1-4-10-5-9-11-7-13(12-9)6-8(2)14-3/h7-8,10H,4-6H2,1-3H3. The lowest BCUT2D eigenvalue weighted by atomic mass is 10.4. The van der Waals surface area contributed by atoms with Crippen molar-refractivity contribution < 1.29 is 4.74 Å². The molecule has 0 radical (unpaired) electrons. The van der Waals surface area contributed by atoms with Crippen LogP contribution in [-0.2, 0) is 17.8 Å². The molecule has 0 amide bonds. The first-order chi connectivity index (χ1) is 6.76. The lowest BCUT2D eigenvalue weighted by molar-refractivity contribution is 0.0996. The zero-order valence-corrected chi connectivity index (χ0v) is 9.03. The molecule has 0 aromatic carbocycles. The van der Waals surface area contributed by atoms with Crippen molar-refractivity contribution in [1.29, 1.82) is 0 Å². The molecule has 0 fully saturated rings. The van der Waals surface area contributed by atoms with E-state index in [0.29, 0.717) is 0 Å². The van der Waals surface area contributed by atoms with E-state index in [9.17, 15) is 0 Å². The molecule has 80 valence electrons. The Morgan fingerprint density at radius 2 is 2.43 bits per heavy atom. The van der Waals surface area contributed by atoms with Gasteiger partial charge in [-0.1, -0.05) is 6.92 Å². The van der Waals surface area contributed by atoms with Crippen LogP contribution in [-0.4, -0.2) is 34.5 Å². The smallest absolute Gasteiger partial charge is 0.164 e. The first-order valence-electron chi connectivity index (χ1n) is 4.88. The molecule has 0 saturated carbocycles. The summed E-state index contributed by atoms with van der Waals surface area (Å²) in [6.07, 6.45) is 1.91. The summed E-state index contributed by atoms with van der Waals surface area (Å²) in [7, 11) is 1.70. The Hall–Kier alpha value is -0.940. The van der Waals surface area contributed by atoms with Gasteiger partial charge in [-0.25, -0.2) is 4.98 Å². The molecule has 0 spiro atoms. The second kappa shape index (κ2) is 5.72. The van der Waals surface area contributed by atoms with E-state index in [4.69, 9.17) is 4.74 Å². The molecular weight excluding hydrogens is 180 g/mol. The molecule has 0 aliphatic rings. The predicted molar refractivity (Wildman–Crippen MR) is 53.9 cm³/mol. The Bertz CT molecular complexity index is 261. The van der Waals surface area contributed by atoms with E-state index in [1.54, 1.807) is 18.1 Å². The fourth-order valence-corrected chi connectivity index (χ4v) is 1.08. The lowest BCUT2D eigenvalue weighted by Crippen LogP contribution is -2.16. The van der Waals surface area contributed by atoms with Gasteiger partial charge in [-0.2, -0.15) is 5.10 Å². The molecule has 5 heteroatoms. The average molecular weight is 198 g/mol. The molecule has 14 heavy (non-hydrogen) atoms. The van der Waals surface area contributed by atoms with Crippen molar-refractivity contribution in [1.82, 2.24) is 20.1 Å². The summed E-state index contributed by atoms with van der Waals surface area (Å²) in [6, 6.07) is 0. The number of hydrogen-bond acceptors (Lipinski definition) is 4. The van der Waals surface area contributed by atoms with Crippen molar-refractivity contribution in [3.63, 3.8) is 0 Å². The Labute approximate surface area is 84.5 Å². The minimum atomic E-state index is 0.170. The van der Waals surface area contributed by atoms with Crippen LogP contribution in [0.15, 0.2) is 6.33 Å². The Morgan fingerprint density at radius 3 is 3.07 bits per heavy atom. The SMILES string of the molecule is CCNCc1ncn(CC(C)OC)n1. The van der Waals surface area contributed by atoms with Crippen LogP contribution in [0, 0.1) is 0 Å². The van der Waals surface area contributed by atoms with Crippen LogP contribution in [0.5, 0.6) is 0 Å². The van der Waals surface area contributed by atoms with Gasteiger partial charge in [0.1, 0.15) is 6.33 Å². The summed E-state index contributed by atoms with van der Waals surface area (Å²) < 4.78 is 6.95. The summed E-state index contributed by atoms with van der Waals surface area (Å²) in [5.74, 6) is 0.829. The molecule has 0 aliphatic heterocycles. The first kappa shape index (κ1) is 11.1. The van der Waals surface area contributed by atoms with E-state index in [2.05, 4.69) is 22.3 Å². The first-order valence-corrected chi connectivity index (χ1v) is 4.88. The summed E-state index contributed by atoms with van der Waals surface area (Å²) in [5, 5.41) is 7.47. The molecular formula is C9H18N4O. The van der Waals surface area contributed by atoms with Crippen LogP contribution in [0.3, 0.4) is 0 Å². The highest BCUT2D eigenvalue weighted by Crippen LogP contribution is 1.95. The number of rotatable bonds is 6. The van der Waals surface area contributed by atoms with Crippen LogP contribution in [0.2, 0.25) is 0 Å². The van der Waals surface area contributed by atoms with Crippen molar-refractivity contribution in [3.05, 3.63) is 12.2 Å². The van der Waals surface area contributed by atoms with Crippen molar-refractivity contribution >= 4 is 0 Å². The van der Waals surface area contributed by atoms with Gasteiger partial charge >= 0.3 is 0 Å². The second-order valence-electron chi connectivity index (χ2n) is 3.21. The summed E-state index contributed by atoms with van der Waals surface area (Å²) in [6.45, 7) is 6.47. The second-order valence-corrected chi connectivity index (χ2v) is 3.21. The number of hydrogen-bond donors (Lipinski definition) is 1. The van der Waals surface area contributed by atoms with E-state index < -0.39 is 0 Å². The van der Waals surface area contributed by atoms with Gasteiger partial charge in [0.15, 0.2) is 5.82 Å². The maximum absolute atomic E-state index is 5.14. The Balaban J connectivity index is 2.42. The molecule has 1 unspecified atom stereocenters. The lowest BCUT2D eigenvalue weighted by Gasteiger charge is -2.07. The van der Waals surface area contributed by atoms with E-state index in [-0.39, 0.29) is 6.10 Å². The molecule has 1 N–H and O–H groups in total. The molecule has 5 nitrogen and oxygen atoms in total. The molecule has 0 bridgehead atoms. The van der Waals surface area contributed by atoms with E-state index in [1.165, 1.54) is 0 Å². The van der Waals surface area contributed by atoms with Gasteiger partial charge in [0.25, 0.3) is 0 Å². The third-order valence-corrected chi connectivity index (χ3v) is 1.96. The van der Waals surface area contributed by atoms with Crippen LogP contribution in [0.1, 0.15) is 19.7 Å². The summed E-state index contributed by atoms with van der Waals surface area (Å²) in [5.41, 5.74) is 0. The quantitative estimate of drug-likeness (QED) is 0.720. The molecule has 1 aromatic rings. The highest BCUT2D eigenvalue weighted by molar-refractivity contribution is 4.80. The third kappa shape index (κ3) is 3.43. The van der Waals surface area contributed by atoms with Gasteiger partial charge in [0, 0.05) is 7.11 Å². The van der Waals surface area contributed by atoms with Crippen LogP contribution in [0.25, 0.3) is 0 Å². The van der Waals surface area contributed by atoms with Crippen molar-refractivity contribution in [3.8, 4) is 0 Å². The van der Waals surface area contributed by atoms with Gasteiger partial charge in [-0.15, -0.1) is 0 Å². The van der Waals surface area contributed by atoms with Gasteiger partial charge in [0.2, 0.25) is 0 Å². The zero-order valence-electron chi connectivity index (χ0n) is 9.03. The Morgan fingerprint density at radius 1 is 1.64 bits per heavy atom. The number of nitrogens with one attached hydrogen (secondary N) is 1. The van der Waals surface area contributed by atoms with Crippen molar-refractivity contribution in [2.45, 2.75) is 33.0 Å². The minimum Gasteiger partial charge on any atom is -0.380 e. The minimum absolute atomic E-state index is 0.170. The van der Waals surface area contributed by atoms with Gasteiger partial charge in [0.05, 0.1) is 19.2 Å². The molecule has 1 aromatic heterocycles. The third-order valence-electron chi connectivity index (χ3n) is 1.96. The number of nitrogens with zero attached hydrogens (tertiary/aromatic N) is 3. The topological polar surface area (TPSA) is 52.0 Å². The van der Waals surface area contributed by atoms with Crippen LogP contribution < -0.4 is 5.32 Å². The molecule has 1 heterocycles. The van der Waals surface area contributed by atoms with Crippen LogP contribution in [0.4, 0.5) is 0 Å². The van der Waals surface area contributed by atoms with Gasteiger partial charge in [-0.05, 0) is 13.5 Å². The number of ether oxygens (including phenoxy) is 1. The zero-order chi connectivity index (χ0) is 10.4. The van der Waals surface area contributed by atoms with Crippen molar-refractivity contribution in [2.24, 2.45) is 0 Å². The molecule has 1 rings (SSSR count). The van der Waals surface area contributed by atoms with Crippen LogP contribution >= 0.6 is 0 Å². The van der Waals surface area contributed by atoms with Gasteiger partial charge in [-0.3, -0.25) is 4.68 Å². The van der Waals surface area contributed by atoms with E-state index in [1.807, 2.05) is 6.92 Å². The highest BCUT2D eigenvalue weighted by atomic mass is 16.5. The van der Waals surface area contributed by atoms with Gasteiger partial charge < -0.3 is 10.1 Å². The summed E-state index contributed by atoms with van der Waals surface area (Å²) >= 11 is 0. The highest BCUT2D eigenvalue weighted by Gasteiger charge is 2.03.